The molecule has 1 N–H and O–H groups in total. The number of hydrogen-bond donors (Lipinski definition) is 1. The molecule has 2 nitrogen and oxygen atoms in total. The van der Waals surface area contributed by atoms with Gasteiger partial charge < -0.3 is 4.74 Å². The predicted octanol–water partition coefficient (Wildman–Crippen LogP) is 3.87. The summed E-state index contributed by atoms with van der Waals surface area (Å²) in [5, 5.41) is 3.44. The van der Waals surface area contributed by atoms with Crippen molar-refractivity contribution in [3.05, 3.63) is 65.2 Å². The van der Waals surface area contributed by atoms with Crippen LogP contribution in [0.3, 0.4) is 0 Å². The molecule has 0 spiro atoms. The molecule has 3 rings (SSSR count). The maximum absolute atomic E-state index is 5.94. The van der Waals surface area contributed by atoms with Gasteiger partial charge in [0.2, 0.25) is 0 Å². The van der Waals surface area contributed by atoms with E-state index in [1.54, 1.807) is 0 Å². The maximum Gasteiger partial charge on any atom is 0.120 e. The van der Waals surface area contributed by atoms with E-state index >= 15 is 0 Å². The maximum atomic E-state index is 5.94. The van der Waals surface area contributed by atoms with Crippen molar-refractivity contribution in [2.75, 3.05) is 6.54 Å². The summed E-state index contributed by atoms with van der Waals surface area (Å²) in [6, 6.07) is 17.0. The Bertz CT molecular complexity index is 657. The van der Waals surface area contributed by atoms with Crippen molar-refractivity contribution >= 4 is 0 Å². The van der Waals surface area contributed by atoms with Crippen LogP contribution in [0.5, 0.6) is 5.75 Å². The molecule has 112 valence electrons. The van der Waals surface area contributed by atoms with Crippen LogP contribution in [0.15, 0.2) is 48.5 Å². The van der Waals surface area contributed by atoms with E-state index in [0.717, 1.165) is 18.6 Å². The average molecular weight is 291 g/mol. The van der Waals surface area contributed by atoms with Gasteiger partial charge in [0.15, 0.2) is 0 Å². The van der Waals surface area contributed by atoms with Gasteiger partial charge in [-0.1, -0.05) is 42.3 Å². The van der Waals surface area contributed by atoms with Crippen LogP contribution in [-0.2, 0) is 13.0 Å². The highest BCUT2D eigenvalue weighted by Gasteiger charge is 2.20. The van der Waals surface area contributed by atoms with Gasteiger partial charge >= 0.3 is 0 Å². The van der Waals surface area contributed by atoms with Gasteiger partial charge in [-0.05, 0) is 48.1 Å². The van der Waals surface area contributed by atoms with Crippen molar-refractivity contribution in [1.29, 1.82) is 0 Å². The normalized spacial score (nSPS) is 16.6. The zero-order valence-electron chi connectivity index (χ0n) is 12.7. The highest BCUT2D eigenvalue weighted by molar-refractivity contribution is 5.39. The van der Waals surface area contributed by atoms with E-state index in [9.17, 15) is 0 Å². The second kappa shape index (κ2) is 7.15. The van der Waals surface area contributed by atoms with Gasteiger partial charge in [0.25, 0.3) is 0 Å². The van der Waals surface area contributed by atoms with E-state index < -0.39 is 0 Å². The first-order valence-corrected chi connectivity index (χ1v) is 7.83. The Hall–Kier alpha value is -2.24. The number of benzene rings is 2. The Balaban J connectivity index is 1.73. The molecule has 0 radical (unpaired) electrons. The summed E-state index contributed by atoms with van der Waals surface area (Å²) < 4.78 is 5.94. The Morgan fingerprint density at radius 2 is 2.05 bits per heavy atom. The van der Waals surface area contributed by atoms with Crippen LogP contribution in [0, 0.1) is 12.3 Å². The average Bonchev–Trinajstić information content (AvgIpc) is 2.59. The van der Waals surface area contributed by atoms with Gasteiger partial charge in [0.1, 0.15) is 12.4 Å². The van der Waals surface area contributed by atoms with E-state index in [0.29, 0.717) is 19.2 Å². The van der Waals surface area contributed by atoms with Crippen molar-refractivity contribution in [2.24, 2.45) is 0 Å². The van der Waals surface area contributed by atoms with Crippen LogP contribution in [0.25, 0.3) is 0 Å². The van der Waals surface area contributed by atoms with Crippen LogP contribution < -0.4 is 10.1 Å². The van der Waals surface area contributed by atoms with Gasteiger partial charge in [-0.15, -0.1) is 6.42 Å². The molecule has 0 aliphatic heterocycles. The van der Waals surface area contributed by atoms with Crippen LogP contribution in [0.1, 0.15) is 35.6 Å². The second-order valence-electron chi connectivity index (χ2n) is 5.66. The lowest BCUT2D eigenvalue weighted by atomic mass is 9.87. The summed E-state index contributed by atoms with van der Waals surface area (Å²) in [5.41, 5.74) is 3.93. The zero-order valence-corrected chi connectivity index (χ0v) is 12.7. The third-order valence-corrected chi connectivity index (χ3v) is 4.13. The van der Waals surface area contributed by atoms with Crippen LogP contribution in [-0.4, -0.2) is 6.54 Å². The van der Waals surface area contributed by atoms with Crippen LogP contribution in [0.2, 0.25) is 0 Å². The summed E-state index contributed by atoms with van der Waals surface area (Å²) in [6.45, 7) is 1.21. The molecule has 1 atom stereocenters. The molecule has 2 heteroatoms. The minimum Gasteiger partial charge on any atom is -0.489 e. The largest absolute Gasteiger partial charge is 0.489 e. The van der Waals surface area contributed by atoms with Crippen molar-refractivity contribution in [2.45, 2.75) is 31.9 Å². The monoisotopic (exact) mass is 291 g/mol. The van der Waals surface area contributed by atoms with Gasteiger partial charge in [-0.3, -0.25) is 5.32 Å². The van der Waals surface area contributed by atoms with Crippen LogP contribution in [0.4, 0.5) is 0 Å². The minimum atomic E-state index is 0.347. The molecule has 22 heavy (non-hydrogen) atoms. The Morgan fingerprint density at radius 3 is 2.86 bits per heavy atom. The highest BCUT2D eigenvalue weighted by Crippen LogP contribution is 2.32. The predicted molar refractivity (Wildman–Crippen MR) is 89.7 cm³/mol. The zero-order chi connectivity index (χ0) is 15.2. The first-order chi connectivity index (χ1) is 10.9. The highest BCUT2D eigenvalue weighted by atomic mass is 16.5. The molecule has 0 heterocycles. The van der Waals surface area contributed by atoms with E-state index in [1.165, 1.54) is 23.1 Å². The summed E-state index contributed by atoms with van der Waals surface area (Å²) >= 11 is 0. The lowest BCUT2D eigenvalue weighted by Crippen LogP contribution is -2.25. The number of terminal acetylenes is 1. The summed E-state index contributed by atoms with van der Waals surface area (Å²) in [6.07, 6.45) is 8.86. The Kier molecular flexibility index (Phi) is 4.78. The summed E-state index contributed by atoms with van der Waals surface area (Å²) in [7, 11) is 0. The quantitative estimate of drug-likeness (QED) is 0.845. The minimum absolute atomic E-state index is 0.347. The smallest absolute Gasteiger partial charge is 0.120 e. The molecule has 0 bridgehead atoms. The van der Waals surface area contributed by atoms with Crippen molar-refractivity contribution in [3.63, 3.8) is 0 Å². The van der Waals surface area contributed by atoms with Gasteiger partial charge in [0, 0.05) is 6.04 Å². The standard InChI is InChI=1S/C20H21NO/c1-2-13-21-20-10-6-9-17-11-12-18(14-19(17)20)22-15-16-7-4-3-5-8-16/h1,3-5,7-8,11-12,14,20-21H,6,9-10,13,15H2. The fourth-order valence-electron chi connectivity index (χ4n) is 3.00. The van der Waals surface area contributed by atoms with Crippen LogP contribution >= 0.6 is 0 Å². The fourth-order valence-corrected chi connectivity index (χ4v) is 3.00. The molecule has 0 amide bonds. The van der Waals surface area contributed by atoms with Gasteiger partial charge in [-0.2, -0.15) is 0 Å². The van der Waals surface area contributed by atoms with Crippen molar-refractivity contribution in [1.82, 2.24) is 5.32 Å². The second-order valence-corrected chi connectivity index (χ2v) is 5.66. The van der Waals surface area contributed by atoms with E-state index in [1.807, 2.05) is 18.2 Å². The van der Waals surface area contributed by atoms with Crippen molar-refractivity contribution < 1.29 is 4.74 Å². The SMILES string of the molecule is C#CCNC1CCCc2ccc(OCc3ccccc3)cc21. The van der Waals surface area contributed by atoms with E-state index in [-0.39, 0.29) is 0 Å². The number of hydrogen-bond acceptors (Lipinski definition) is 2. The van der Waals surface area contributed by atoms with E-state index in [2.05, 4.69) is 41.6 Å². The molecule has 0 saturated heterocycles. The summed E-state index contributed by atoms with van der Waals surface area (Å²) in [5.74, 6) is 3.59. The fraction of sp³-hybridized carbons (Fsp3) is 0.300. The number of nitrogens with one attached hydrogen (secondary N) is 1. The molecule has 2 aromatic rings. The third-order valence-electron chi connectivity index (χ3n) is 4.13. The molecule has 1 unspecified atom stereocenters. The summed E-state index contributed by atoms with van der Waals surface area (Å²) in [4.78, 5) is 0. The number of rotatable bonds is 5. The van der Waals surface area contributed by atoms with Gasteiger partial charge in [0.05, 0.1) is 6.54 Å². The van der Waals surface area contributed by atoms with Crippen molar-refractivity contribution in [3.8, 4) is 18.1 Å². The lowest BCUT2D eigenvalue weighted by Gasteiger charge is -2.26. The molecule has 0 fully saturated rings. The Labute approximate surface area is 132 Å². The molecule has 0 saturated carbocycles. The van der Waals surface area contributed by atoms with Gasteiger partial charge in [-0.25, -0.2) is 0 Å². The number of fused-ring (bicyclic) bond motifs is 1. The lowest BCUT2D eigenvalue weighted by molar-refractivity contribution is 0.305. The van der Waals surface area contributed by atoms with E-state index in [4.69, 9.17) is 11.2 Å². The number of aryl methyl sites for hydroxylation is 1. The third kappa shape index (κ3) is 3.50. The first kappa shape index (κ1) is 14.7. The molecule has 1 aliphatic rings. The molecular formula is C20H21NO. The molecule has 1 aliphatic carbocycles. The Morgan fingerprint density at radius 1 is 1.18 bits per heavy atom. The number of ether oxygens (including phenoxy) is 1. The molecular weight excluding hydrogens is 270 g/mol. The molecule has 2 aromatic carbocycles. The topological polar surface area (TPSA) is 21.3 Å². The molecule has 0 aromatic heterocycles. The first-order valence-electron chi connectivity index (χ1n) is 7.83.